The molecule has 1 amide bonds. The summed E-state index contributed by atoms with van der Waals surface area (Å²) in [5.41, 5.74) is -0.545. The molecule has 0 aromatic rings. The quantitative estimate of drug-likeness (QED) is 0.481. The molecule has 0 aliphatic rings. The highest BCUT2D eigenvalue weighted by molar-refractivity contribution is 6.74. The van der Waals surface area contributed by atoms with Gasteiger partial charge in [-0.3, -0.25) is 0 Å². The lowest BCUT2D eigenvalue weighted by molar-refractivity contribution is 0.0500. The van der Waals surface area contributed by atoms with Crippen LogP contribution in [0.25, 0.3) is 0 Å². The smallest absolute Gasteiger partial charge is 0.408 e. The molecular weight excluding hydrogens is 334 g/mol. The Hall–Kier alpha value is -0.853. The van der Waals surface area contributed by atoms with Crippen molar-refractivity contribution in [1.29, 1.82) is 0 Å². The van der Waals surface area contributed by atoms with Gasteiger partial charge < -0.3 is 19.6 Å². The van der Waals surface area contributed by atoms with Crippen molar-refractivity contribution in [2.24, 2.45) is 0 Å². The molecular formula is C19H39NO4Si. The lowest BCUT2D eigenvalue weighted by atomic mass is 10.1. The maximum Gasteiger partial charge on any atom is 0.408 e. The molecule has 0 heterocycles. The number of alkyl carbamates (subject to hydrolysis) is 1. The minimum absolute atomic E-state index is 0.103. The molecule has 0 radical (unpaired) electrons. The number of amides is 1. The van der Waals surface area contributed by atoms with Gasteiger partial charge >= 0.3 is 6.09 Å². The first-order valence-electron chi connectivity index (χ1n) is 9.16. The second-order valence-electron chi connectivity index (χ2n) is 9.05. The Morgan fingerprint density at radius 1 is 1.20 bits per heavy atom. The summed E-state index contributed by atoms with van der Waals surface area (Å²) in [6.07, 6.45) is 4.22. The molecule has 148 valence electrons. The Kier molecular flexibility index (Phi) is 9.40. The number of hydrogen-bond acceptors (Lipinski definition) is 4. The first-order valence-corrected chi connectivity index (χ1v) is 12.1. The topological polar surface area (TPSA) is 67.8 Å². The van der Waals surface area contributed by atoms with Gasteiger partial charge in [-0.2, -0.15) is 0 Å². The molecule has 6 heteroatoms. The van der Waals surface area contributed by atoms with E-state index in [9.17, 15) is 9.90 Å². The summed E-state index contributed by atoms with van der Waals surface area (Å²) in [5, 5.41) is 12.6. The molecule has 25 heavy (non-hydrogen) atoms. The van der Waals surface area contributed by atoms with Gasteiger partial charge in [0.05, 0.1) is 18.8 Å². The van der Waals surface area contributed by atoms with E-state index in [-0.39, 0.29) is 17.2 Å². The van der Waals surface area contributed by atoms with Crippen molar-refractivity contribution in [2.45, 2.75) is 97.2 Å². The van der Waals surface area contributed by atoms with E-state index >= 15 is 0 Å². The Labute approximate surface area is 155 Å². The zero-order valence-electron chi connectivity index (χ0n) is 17.6. The highest BCUT2D eigenvalue weighted by Gasteiger charge is 2.37. The summed E-state index contributed by atoms with van der Waals surface area (Å²) >= 11 is 0. The zero-order chi connectivity index (χ0) is 19.9. The summed E-state index contributed by atoms with van der Waals surface area (Å²) < 4.78 is 11.6. The Bertz CT molecular complexity index is 436. The molecule has 5 nitrogen and oxygen atoms in total. The van der Waals surface area contributed by atoms with E-state index < -0.39 is 20.0 Å². The van der Waals surface area contributed by atoms with Crippen molar-refractivity contribution >= 4 is 14.4 Å². The maximum absolute atomic E-state index is 12.1. The van der Waals surface area contributed by atoms with Crippen LogP contribution in [0.4, 0.5) is 4.79 Å². The molecule has 0 unspecified atom stereocenters. The van der Waals surface area contributed by atoms with Gasteiger partial charge in [-0.1, -0.05) is 39.8 Å². The number of hydrogen-bond donors (Lipinski definition) is 2. The van der Waals surface area contributed by atoms with Crippen LogP contribution in [-0.4, -0.2) is 43.9 Å². The average Bonchev–Trinajstić information content (AvgIpc) is 2.41. The summed E-state index contributed by atoms with van der Waals surface area (Å²) in [6.45, 7) is 18.8. The first kappa shape index (κ1) is 24.1. The molecule has 0 rings (SSSR count). The van der Waals surface area contributed by atoms with Crippen LogP contribution in [0.2, 0.25) is 18.1 Å². The fourth-order valence-corrected chi connectivity index (χ4v) is 2.71. The van der Waals surface area contributed by atoms with Gasteiger partial charge in [0.1, 0.15) is 5.60 Å². The number of rotatable bonds is 8. The standard InChI is InChI=1S/C19H39NO4Si/c1-10-16(21)13-11-12-15(20-17(22)24-18(2,3)4)14-23-25(8,9)19(5,6)7/h11-12,15-16,21H,10,13-14H2,1-9H3,(H,20,22)/b12-11-/t15-,16+/m1/s1. The van der Waals surface area contributed by atoms with Gasteiger partial charge in [0.25, 0.3) is 0 Å². The first-order chi connectivity index (χ1) is 11.2. The van der Waals surface area contributed by atoms with E-state index in [1.54, 1.807) is 0 Å². The number of aliphatic hydroxyl groups is 1. The largest absolute Gasteiger partial charge is 0.444 e. The monoisotopic (exact) mass is 373 g/mol. The highest BCUT2D eigenvalue weighted by atomic mass is 28.4. The molecule has 2 N–H and O–H groups in total. The normalized spacial score (nSPS) is 15.9. The van der Waals surface area contributed by atoms with Crippen LogP contribution in [0, 0.1) is 0 Å². The van der Waals surface area contributed by atoms with Crippen LogP contribution >= 0.6 is 0 Å². The van der Waals surface area contributed by atoms with Gasteiger partial charge in [0.15, 0.2) is 8.32 Å². The van der Waals surface area contributed by atoms with Gasteiger partial charge in [-0.15, -0.1) is 0 Å². The number of carbonyl (C=O) groups is 1. The van der Waals surface area contributed by atoms with Crippen LogP contribution in [0.1, 0.15) is 61.3 Å². The third-order valence-electron chi connectivity index (χ3n) is 4.38. The van der Waals surface area contributed by atoms with Crippen LogP contribution in [0.3, 0.4) is 0 Å². The predicted molar refractivity (Wildman–Crippen MR) is 106 cm³/mol. The van der Waals surface area contributed by atoms with Crippen LogP contribution < -0.4 is 5.32 Å². The van der Waals surface area contributed by atoms with Gasteiger partial charge in [-0.05, 0) is 51.7 Å². The highest BCUT2D eigenvalue weighted by Crippen LogP contribution is 2.36. The summed E-state index contributed by atoms with van der Waals surface area (Å²) in [6, 6.07) is -0.284. The molecule has 0 bridgehead atoms. The Morgan fingerprint density at radius 3 is 2.20 bits per heavy atom. The third kappa shape index (κ3) is 10.7. The van der Waals surface area contributed by atoms with Crippen molar-refractivity contribution in [3.8, 4) is 0 Å². The minimum atomic E-state index is -1.91. The van der Waals surface area contributed by atoms with Crippen molar-refractivity contribution in [2.75, 3.05) is 6.61 Å². The maximum atomic E-state index is 12.1. The SMILES string of the molecule is CC[C@H](O)C/C=C\[C@H](CO[Si](C)(C)C(C)(C)C)NC(=O)OC(C)(C)C. The van der Waals surface area contributed by atoms with E-state index in [0.717, 1.165) is 0 Å². The van der Waals surface area contributed by atoms with E-state index in [4.69, 9.17) is 9.16 Å². The van der Waals surface area contributed by atoms with E-state index in [2.05, 4.69) is 39.2 Å². The molecule has 2 atom stereocenters. The zero-order valence-corrected chi connectivity index (χ0v) is 18.6. The number of nitrogens with one attached hydrogen (secondary N) is 1. The molecule has 0 aromatic carbocycles. The molecule has 0 saturated carbocycles. The number of ether oxygens (including phenoxy) is 1. The predicted octanol–water partition coefficient (Wildman–Crippen LogP) is 4.62. The lowest BCUT2D eigenvalue weighted by Gasteiger charge is -2.37. The molecule has 0 saturated heterocycles. The lowest BCUT2D eigenvalue weighted by Crippen LogP contribution is -2.46. The summed E-state index contributed by atoms with van der Waals surface area (Å²) in [5.74, 6) is 0. The Balaban J connectivity index is 4.92. The van der Waals surface area contributed by atoms with Crippen LogP contribution in [0.15, 0.2) is 12.2 Å². The molecule has 0 aromatic heterocycles. The van der Waals surface area contributed by atoms with Crippen LogP contribution in [-0.2, 0) is 9.16 Å². The summed E-state index contributed by atoms with van der Waals surface area (Å²) in [4.78, 5) is 12.1. The van der Waals surface area contributed by atoms with Crippen molar-refractivity contribution in [3.63, 3.8) is 0 Å². The van der Waals surface area contributed by atoms with E-state index in [1.807, 2.05) is 39.8 Å². The molecule has 0 aliphatic heterocycles. The van der Waals surface area contributed by atoms with Gasteiger partial charge in [-0.25, -0.2) is 4.79 Å². The molecule has 0 spiro atoms. The third-order valence-corrected chi connectivity index (χ3v) is 8.88. The molecule has 0 fully saturated rings. The number of aliphatic hydroxyl groups excluding tert-OH is 1. The number of carbonyl (C=O) groups excluding carboxylic acids is 1. The average molecular weight is 374 g/mol. The second kappa shape index (κ2) is 9.74. The van der Waals surface area contributed by atoms with Crippen LogP contribution in [0.5, 0.6) is 0 Å². The van der Waals surface area contributed by atoms with Crippen molar-refractivity contribution in [3.05, 3.63) is 12.2 Å². The fraction of sp³-hybridized carbons (Fsp3) is 0.842. The molecule has 0 aliphatic carbocycles. The summed E-state index contributed by atoms with van der Waals surface area (Å²) in [7, 11) is -1.91. The van der Waals surface area contributed by atoms with Crippen molar-refractivity contribution < 1.29 is 19.1 Å². The Morgan fingerprint density at radius 2 is 1.76 bits per heavy atom. The second-order valence-corrected chi connectivity index (χ2v) is 13.9. The van der Waals surface area contributed by atoms with Crippen molar-refractivity contribution in [1.82, 2.24) is 5.32 Å². The van der Waals surface area contributed by atoms with E-state index in [0.29, 0.717) is 19.4 Å². The van der Waals surface area contributed by atoms with Gasteiger partial charge in [0.2, 0.25) is 0 Å². The van der Waals surface area contributed by atoms with Gasteiger partial charge in [0, 0.05) is 0 Å². The fourth-order valence-electron chi connectivity index (χ4n) is 1.69. The van der Waals surface area contributed by atoms with E-state index in [1.165, 1.54) is 0 Å². The minimum Gasteiger partial charge on any atom is -0.444 e.